The zero-order valence-corrected chi connectivity index (χ0v) is 13.1. The first-order chi connectivity index (χ1) is 9.90. The molecule has 1 aliphatic carbocycles. The molecule has 0 saturated heterocycles. The van der Waals surface area contributed by atoms with Crippen LogP contribution in [0.2, 0.25) is 0 Å². The number of anilines is 1. The van der Waals surface area contributed by atoms with Gasteiger partial charge in [-0.3, -0.25) is 0 Å². The van der Waals surface area contributed by atoms with Crippen molar-refractivity contribution < 1.29 is 12.8 Å². The van der Waals surface area contributed by atoms with Gasteiger partial charge in [0.25, 0.3) is 0 Å². The molecule has 1 aromatic rings. The van der Waals surface area contributed by atoms with E-state index in [1.165, 1.54) is 6.33 Å². The third-order valence-corrected chi connectivity index (χ3v) is 4.48. The summed E-state index contributed by atoms with van der Waals surface area (Å²) >= 11 is 0. The van der Waals surface area contributed by atoms with Crippen molar-refractivity contribution in [3.63, 3.8) is 0 Å². The summed E-state index contributed by atoms with van der Waals surface area (Å²) in [5.41, 5.74) is 0.379. The van der Waals surface area contributed by atoms with Crippen LogP contribution in [-0.2, 0) is 16.4 Å². The number of hydrogen-bond donors (Lipinski definition) is 2. The van der Waals surface area contributed by atoms with Crippen LogP contribution >= 0.6 is 0 Å². The summed E-state index contributed by atoms with van der Waals surface area (Å²) in [5.74, 6) is -0.100. The number of aryl methyl sites for hydroxylation is 1. The summed E-state index contributed by atoms with van der Waals surface area (Å²) in [5, 5.41) is 2.98. The highest BCUT2D eigenvalue weighted by Crippen LogP contribution is 2.26. The van der Waals surface area contributed by atoms with Crippen molar-refractivity contribution in [2.24, 2.45) is 5.92 Å². The van der Waals surface area contributed by atoms with Crippen molar-refractivity contribution in [2.45, 2.75) is 38.6 Å². The summed E-state index contributed by atoms with van der Waals surface area (Å²) in [6.45, 7) is 2.32. The van der Waals surface area contributed by atoms with Crippen LogP contribution in [0.3, 0.4) is 0 Å². The second-order valence-corrected chi connectivity index (χ2v) is 7.18. The van der Waals surface area contributed by atoms with Gasteiger partial charge in [-0.15, -0.1) is 0 Å². The van der Waals surface area contributed by atoms with Crippen molar-refractivity contribution in [1.29, 1.82) is 0 Å². The molecule has 0 aromatic carbocycles. The van der Waals surface area contributed by atoms with E-state index in [1.54, 1.807) is 0 Å². The highest BCUT2D eigenvalue weighted by Gasteiger charge is 2.29. The minimum Gasteiger partial charge on any atom is -0.367 e. The molecule has 2 atom stereocenters. The van der Waals surface area contributed by atoms with E-state index in [4.69, 9.17) is 0 Å². The largest absolute Gasteiger partial charge is 0.367 e. The molecule has 2 N–H and O–H groups in total. The minimum absolute atomic E-state index is 0.0944. The second-order valence-electron chi connectivity index (χ2n) is 5.40. The molecule has 0 spiro atoms. The minimum atomic E-state index is -3.22. The number of hydrogen-bond acceptors (Lipinski definition) is 5. The Kier molecular flexibility index (Phi) is 5.10. The average Bonchev–Trinajstić information content (AvgIpc) is 2.82. The van der Waals surface area contributed by atoms with Crippen molar-refractivity contribution in [3.8, 4) is 0 Å². The topological polar surface area (TPSA) is 84.0 Å². The Morgan fingerprint density at radius 3 is 2.81 bits per heavy atom. The smallest absolute Gasteiger partial charge is 0.208 e. The molecule has 0 radical (unpaired) electrons. The fourth-order valence-corrected chi connectivity index (χ4v) is 3.58. The lowest BCUT2D eigenvalue weighted by Crippen LogP contribution is -2.39. The van der Waals surface area contributed by atoms with Gasteiger partial charge in [-0.05, 0) is 25.2 Å². The maximum Gasteiger partial charge on any atom is 0.208 e. The predicted molar refractivity (Wildman–Crippen MR) is 79.0 cm³/mol. The SMILES string of the molecule is CCc1ncnc(NCC2CCCC2NS(C)(=O)=O)c1F. The molecule has 118 valence electrons. The fraction of sp³-hybridized carbons (Fsp3) is 0.692. The first-order valence-corrected chi connectivity index (χ1v) is 9.00. The summed E-state index contributed by atoms with van der Waals surface area (Å²) < 4.78 is 39.3. The van der Waals surface area contributed by atoms with E-state index in [9.17, 15) is 12.8 Å². The van der Waals surface area contributed by atoms with E-state index in [0.717, 1.165) is 25.5 Å². The lowest BCUT2D eigenvalue weighted by molar-refractivity contribution is 0.462. The Hall–Kier alpha value is -1.28. The van der Waals surface area contributed by atoms with Crippen LogP contribution in [0, 0.1) is 11.7 Å². The number of rotatable bonds is 6. The molecule has 1 fully saturated rings. The van der Waals surface area contributed by atoms with E-state index < -0.39 is 15.8 Å². The third-order valence-electron chi connectivity index (χ3n) is 3.75. The van der Waals surface area contributed by atoms with E-state index in [2.05, 4.69) is 20.0 Å². The number of nitrogens with zero attached hydrogens (tertiary/aromatic N) is 2. The molecule has 0 aliphatic heterocycles. The first-order valence-electron chi connectivity index (χ1n) is 7.11. The van der Waals surface area contributed by atoms with Crippen molar-refractivity contribution in [3.05, 3.63) is 17.8 Å². The van der Waals surface area contributed by atoms with E-state index in [1.807, 2.05) is 6.92 Å². The van der Waals surface area contributed by atoms with Crippen LogP contribution in [0.4, 0.5) is 10.2 Å². The maximum atomic E-state index is 14.0. The highest BCUT2D eigenvalue weighted by atomic mass is 32.2. The quantitative estimate of drug-likeness (QED) is 0.826. The zero-order valence-electron chi connectivity index (χ0n) is 12.3. The molecule has 0 bridgehead atoms. The standard InChI is InChI=1S/C13H21FN4O2S/c1-3-10-12(14)13(17-8-16-10)15-7-9-5-4-6-11(9)18-21(2,19)20/h8-9,11,18H,3-7H2,1-2H3,(H,15,16,17). The van der Waals surface area contributed by atoms with E-state index >= 15 is 0 Å². The molecule has 1 saturated carbocycles. The molecular weight excluding hydrogens is 295 g/mol. The summed E-state index contributed by atoms with van der Waals surface area (Å²) in [6.07, 6.45) is 5.69. The number of sulfonamides is 1. The van der Waals surface area contributed by atoms with Crippen molar-refractivity contribution in [2.75, 3.05) is 18.1 Å². The van der Waals surface area contributed by atoms with Gasteiger partial charge >= 0.3 is 0 Å². The van der Waals surface area contributed by atoms with Crippen LogP contribution in [0.15, 0.2) is 6.33 Å². The predicted octanol–water partition coefficient (Wildman–Crippen LogP) is 1.31. The van der Waals surface area contributed by atoms with Crippen LogP contribution in [0.1, 0.15) is 31.9 Å². The monoisotopic (exact) mass is 316 g/mol. The molecule has 8 heteroatoms. The van der Waals surface area contributed by atoms with Crippen molar-refractivity contribution >= 4 is 15.8 Å². The van der Waals surface area contributed by atoms with Crippen molar-refractivity contribution in [1.82, 2.24) is 14.7 Å². The normalized spacial score (nSPS) is 22.4. The highest BCUT2D eigenvalue weighted by molar-refractivity contribution is 7.88. The molecule has 1 aliphatic rings. The molecule has 1 aromatic heterocycles. The zero-order chi connectivity index (χ0) is 15.5. The molecule has 2 rings (SSSR count). The Morgan fingerprint density at radius 1 is 1.38 bits per heavy atom. The van der Waals surface area contributed by atoms with Crippen LogP contribution < -0.4 is 10.0 Å². The lowest BCUT2D eigenvalue weighted by atomic mass is 10.0. The molecule has 2 unspecified atom stereocenters. The van der Waals surface area contributed by atoms with Crippen LogP contribution in [0.25, 0.3) is 0 Å². The van der Waals surface area contributed by atoms with Gasteiger partial charge in [-0.25, -0.2) is 27.5 Å². The van der Waals surface area contributed by atoms with Gasteiger partial charge < -0.3 is 5.32 Å². The number of halogens is 1. The third kappa shape index (κ3) is 4.34. The molecule has 1 heterocycles. The van der Waals surface area contributed by atoms with Gasteiger partial charge in [0.2, 0.25) is 10.0 Å². The van der Waals surface area contributed by atoms with Gasteiger partial charge in [-0.1, -0.05) is 13.3 Å². The van der Waals surface area contributed by atoms with Gasteiger partial charge in [0.15, 0.2) is 11.6 Å². The van der Waals surface area contributed by atoms with Gasteiger partial charge in [0.1, 0.15) is 6.33 Å². The maximum absolute atomic E-state index is 14.0. The summed E-state index contributed by atoms with van der Waals surface area (Å²) in [6, 6.07) is -0.0944. The Balaban J connectivity index is 1.99. The van der Waals surface area contributed by atoms with Gasteiger partial charge in [-0.2, -0.15) is 0 Å². The molecule has 6 nitrogen and oxygen atoms in total. The van der Waals surface area contributed by atoms with Gasteiger partial charge in [0.05, 0.1) is 11.9 Å². The Morgan fingerprint density at radius 2 is 2.14 bits per heavy atom. The average molecular weight is 316 g/mol. The number of aromatic nitrogens is 2. The molecular formula is C13H21FN4O2S. The Bertz CT molecular complexity index is 594. The summed E-state index contributed by atoms with van der Waals surface area (Å²) in [7, 11) is -3.22. The van der Waals surface area contributed by atoms with E-state index in [-0.39, 0.29) is 17.8 Å². The molecule has 0 amide bonds. The second kappa shape index (κ2) is 6.65. The Labute approximate surface area is 124 Å². The number of nitrogens with one attached hydrogen (secondary N) is 2. The van der Waals surface area contributed by atoms with Gasteiger partial charge in [0, 0.05) is 12.6 Å². The first kappa shape index (κ1) is 16.1. The van der Waals surface area contributed by atoms with Crippen LogP contribution in [-0.4, -0.2) is 37.2 Å². The van der Waals surface area contributed by atoms with E-state index in [0.29, 0.717) is 18.7 Å². The lowest BCUT2D eigenvalue weighted by Gasteiger charge is -2.20. The molecule has 21 heavy (non-hydrogen) atoms. The summed E-state index contributed by atoms with van der Waals surface area (Å²) in [4.78, 5) is 7.79. The fourth-order valence-electron chi connectivity index (χ4n) is 2.72. The van der Waals surface area contributed by atoms with Crippen LogP contribution in [0.5, 0.6) is 0 Å².